The van der Waals surface area contributed by atoms with E-state index in [4.69, 9.17) is 9.47 Å². The Kier molecular flexibility index (Phi) is 7.27. The molecule has 0 atom stereocenters. The molecule has 0 aliphatic heterocycles. The van der Waals surface area contributed by atoms with Crippen LogP contribution in [-0.4, -0.2) is 39.3 Å². The summed E-state index contributed by atoms with van der Waals surface area (Å²) in [6, 6.07) is 9.93. The lowest BCUT2D eigenvalue weighted by atomic mass is 10.1. The first-order chi connectivity index (χ1) is 15.6. The molecule has 176 valence electrons. The molecule has 2 aromatic rings. The smallest absolute Gasteiger partial charge is 0.333 e. The number of carbonyl (C=O) groups is 2. The number of benzene rings is 2. The van der Waals surface area contributed by atoms with Crippen molar-refractivity contribution in [2.45, 2.75) is 49.2 Å². The minimum Gasteiger partial charge on any atom is -0.493 e. The van der Waals surface area contributed by atoms with E-state index in [0.29, 0.717) is 24.0 Å². The Balaban J connectivity index is 1.96. The van der Waals surface area contributed by atoms with E-state index in [1.54, 1.807) is 31.2 Å². The number of aryl methyl sites for hydroxylation is 2. The molecule has 0 radical (unpaired) electrons. The monoisotopic (exact) mass is 472 g/mol. The molecule has 1 fully saturated rings. The van der Waals surface area contributed by atoms with Crippen LogP contribution in [0.5, 0.6) is 11.5 Å². The molecule has 1 aliphatic carbocycles. The summed E-state index contributed by atoms with van der Waals surface area (Å²) < 4.78 is 41.4. The largest absolute Gasteiger partial charge is 0.493 e. The van der Waals surface area contributed by atoms with Crippen molar-refractivity contribution in [3.05, 3.63) is 59.2 Å². The van der Waals surface area contributed by atoms with Crippen LogP contribution in [0.3, 0.4) is 0 Å². The van der Waals surface area contributed by atoms with E-state index in [2.05, 4.69) is 4.74 Å². The van der Waals surface area contributed by atoms with Gasteiger partial charge in [0.2, 0.25) is 0 Å². The van der Waals surface area contributed by atoms with Crippen molar-refractivity contribution in [2.75, 3.05) is 14.2 Å². The van der Waals surface area contributed by atoms with Crippen LogP contribution in [0, 0.1) is 13.8 Å². The average Bonchev–Trinajstić information content (AvgIpc) is 3.31. The van der Waals surface area contributed by atoms with Gasteiger partial charge in [-0.05, 0) is 67.7 Å². The van der Waals surface area contributed by atoms with Gasteiger partial charge >= 0.3 is 11.9 Å². The predicted octanol–water partition coefficient (Wildman–Crippen LogP) is 4.19. The topological polar surface area (TPSA) is 96.0 Å². The fourth-order valence-electron chi connectivity index (χ4n) is 4.03. The number of methoxy groups -OCH3 is 2. The third kappa shape index (κ3) is 4.80. The highest BCUT2D eigenvalue weighted by Gasteiger charge is 2.55. The van der Waals surface area contributed by atoms with Crippen molar-refractivity contribution in [1.29, 1.82) is 0 Å². The first kappa shape index (κ1) is 24.5. The number of sulfone groups is 1. The van der Waals surface area contributed by atoms with Crippen LogP contribution in [-0.2, 0) is 24.2 Å². The highest BCUT2D eigenvalue weighted by Crippen LogP contribution is 2.43. The molecule has 0 aromatic heterocycles. The van der Waals surface area contributed by atoms with E-state index in [-0.39, 0.29) is 29.2 Å². The first-order valence-corrected chi connectivity index (χ1v) is 12.1. The Morgan fingerprint density at radius 2 is 1.67 bits per heavy atom. The van der Waals surface area contributed by atoms with Crippen molar-refractivity contribution < 1.29 is 32.2 Å². The van der Waals surface area contributed by atoms with Gasteiger partial charge < -0.3 is 14.2 Å². The number of hydrogen-bond acceptors (Lipinski definition) is 7. The predicted molar refractivity (Wildman–Crippen MR) is 124 cm³/mol. The molecule has 0 spiro atoms. The normalized spacial score (nSPS) is 15.4. The van der Waals surface area contributed by atoms with Crippen molar-refractivity contribution in [3.63, 3.8) is 0 Å². The summed E-state index contributed by atoms with van der Waals surface area (Å²) in [5.41, 5.74) is 2.02. The standard InChI is InChI=1S/C25H28O7S/c1-17-7-8-18(2)22(15-17)33(28,29)25(13-5-6-14-25)24(27)32-20-11-9-19(16-21(20)30-3)10-12-23(26)31-4/h7-12,15-16H,5-6,13-14H2,1-4H3/b12-10+. The van der Waals surface area contributed by atoms with Gasteiger partial charge in [0.15, 0.2) is 26.1 Å². The summed E-state index contributed by atoms with van der Waals surface area (Å²) in [4.78, 5) is 24.9. The average molecular weight is 473 g/mol. The molecular formula is C25H28O7S. The van der Waals surface area contributed by atoms with Crippen molar-refractivity contribution in [1.82, 2.24) is 0 Å². The van der Waals surface area contributed by atoms with Crippen LogP contribution >= 0.6 is 0 Å². The maximum absolute atomic E-state index is 13.8. The molecule has 0 amide bonds. The maximum Gasteiger partial charge on any atom is 0.333 e. The number of esters is 2. The van der Waals surface area contributed by atoms with Gasteiger partial charge in [-0.15, -0.1) is 0 Å². The summed E-state index contributed by atoms with van der Waals surface area (Å²) in [5.74, 6) is -0.964. The van der Waals surface area contributed by atoms with Gasteiger partial charge in [-0.3, -0.25) is 0 Å². The second-order valence-corrected chi connectivity index (χ2v) is 10.4. The Labute approximate surface area is 194 Å². The van der Waals surface area contributed by atoms with Gasteiger partial charge in [-0.1, -0.05) is 31.0 Å². The van der Waals surface area contributed by atoms with Crippen LogP contribution in [0.4, 0.5) is 0 Å². The zero-order valence-electron chi connectivity index (χ0n) is 19.2. The summed E-state index contributed by atoms with van der Waals surface area (Å²) in [6.45, 7) is 3.54. The molecule has 0 saturated heterocycles. The number of hydrogen-bond donors (Lipinski definition) is 0. The number of ether oxygens (including phenoxy) is 3. The molecule has 7 nitrogen and oxygen atoms in total. The molecule has 0 bridgehead atoms. The van der Waals surface area contributed by atoms with Crippen LogP contribution in [0.15, 0.2) is 47.4 Å². The van der Waals surface area contributed by atoms with E-state index >= 15 is 0 Å². The summed E-state index contributed by atoms with van der Waals surface area (Å²) in [6.07, 6.45) is 4.42. The Hall–Kier alpha value is -3.13. The Bertz CT molecular complexity index is 1190. The van der Waals surface area contributed by atoms with E-state index in [1.165, 1.54) is 32.4 Å². The van der Waals surface area contributed by atoms with Gasteiger partial charge in [-0.25, -0.2) is 18.0 Å². The SMILES string of the molecule is COC(=O)/C=C/c1ccc(OC(=O)C2(S(=O)(=O)c3cc(C)ccc3C)CCCC2)c(OC)c1. The lowest BCUT2D eigenvalue weighted by molar-refractivity contribution is -0.137. The van der Waals surface area contributed by atoms with Crippen LogP contribution in [0.2, 0.25) is 0 Å². The molecule has 1 aliphatic rings. The number of carbonyl (C=O) groups excluding carboxylic acids is 2. The Morgan fingerprint density at radius 3 is 2.30 bits per heavy atom. The van der Waals surface area contributed by atoms with E-state index < -0.39 is 26.5 Å². The van der Waals surface area contributed by atoms with Gasteiger partial charge in [0, 0.05) is 6.08 Å². The van der Waals surface area contributed by atoms with Crippen LogP contribution < -0.4 is 9.47 Å². The number of rotatable bonds is 7. The molecular weight excluding hydrogens is 444 g/mol. The molecule has 8 heteroatoms. The van der Waals surface area contributed by atoms with Gasteiger partial charge in [0.1, 0.15) is 0 Å². The molecule has 1 saturated carbocycles. The molecule has 3 rings (SSSR count). The fourth-order valence-corrected chi connectivity index (χ4v) is 6.37. The molecule has 0 unspecified atom stereocenters. The molecule has 0 heterocycles. The summed E-state index contributed by atoms with van der Waals surface area (Å²) >= 11 is 0. The molecule has 33 heavy (non-hydrogen) atoms. The fraction of sp³-hybridized carbons (Fsp3) is 0.360. The van der Waals surface area contributed by atoms with Gasteiger partial charge in [-0.2, -0.15) is 0 Å². The van der Waals surface area contributed by atoms with Crippen molar-refractivity contribution in [3.8, 4) is 11.5 Å². The second kappa shape index (κ2) is 9.79. The highest BCUT2D eigenvalue weighted by molar-refractivity contribution is 7.93. The van der Waals surface area contributed by atoms with Crippen LogP contribution in [0.25, 0.3) is 6.08 Å². The first-order valence-electron chi connectivity index (χ1n) is 10.6. The maximum atomic E-state index is 13.8. The lowest BCUT2D eigenvalue weighted by Crippen LogP contribution is -2.47. The molecule has 2 aromatic carbocycles. The van der Waals surface area contributed by atoms with E-state index in [1.807, 2.05) is 13.0 Å². The Morgan fingerprint density at radius 1 is 0.970 bits per heavy atom. The summed E-state index contributed by atoms with van der Waals surface area (Å²) in [7, 11) is -1.31. The van der Waals surface area contributed by atoms with Crippen molar-refractivity contribution >= 4 is 27.9 Å². The second-order valence-electron chi connectivity index (χ2n) is 8.13. The van der Waals surface area contributed by atoms with E-state index in [9.17, 15) is 18.0 Å². The highest BCUT2D eigenvalue weighted by atomic mass is 32.2. The molecule has 0 N–H and O–H groups in total. The zero-order valence-corrected chi connectivity index (χ0v) is 20.0. The third-order valence-electron chi connectivity index (χ3n) is 5.93. The van der Waals surface area contributed by atoms with Gasteiger partial charge in [0.25, 0.3) is 0 Å². The van der Waals surface area contributed by atoms with E-state index in [0.717, 1.165) is 5.56 Å². The third-order valence-corrected chi connectivity index (χ3v) is 8.56. The minimum atomic E-state index is -4.00. The summed E-state index contributed by atoms with van der Waals surface area (Å²) in [5, 5.41) is 0. The zero-order chi connectivity index (χ0) is 24.2. The quantitative estimate of drug-likeness (QED) is 0.339. The van der Waals surface area contributed by atoms with Crippen molar-refractivity contribution in [2.24, 2.45) is 0 Å². The minimum absolute atomic E-state index is 0.111. The lowest BCUT2D eigenvalue weighted by Gasteiger charge is -2.27. The van der Waals surface area contributed by atoms with Gasteiger partial charge in [0.05, 0.1) is 19.1 Å². The van der Waals surface area contributed by atoms with Crippen LogP contribution in [0.1, 0.15) is 42.4 Å².